The smallest absolute Gasteiger partial charge is 0.269 e. The first-order chi connectivity index (χ1) is 11.2. The van der Waals surface area contributed by atoms with Gasteiger partial charge in [-0.1, -0.05) is 6.07 Å². The summed E-state index contributed by atoms with van der Waals surface area (Å²) in [4.78, 5) is 12.3. The molecule has 5 nitrogen and oxygen atoms in total. The number of amides is 1. The van der Waals surface area contributed by atoms with Crippen LogP contribution in [-0.2, 0) is 0 Å². The van der Waals surface area contributed by atoms with Gasteiger partial charge < -0.3 is 9.88 Å². The maximum absolute atomic E-state index is 12.3. The van der Waals surface area contributed by atoms with Crippen LogP contribution in [0.15, 0.2) is 36.4 Å². The minimum atomic E-state index is -0.239. The number of hydrogen-bond donors (Lipinski definition) is 3. The first-order valence-corrected chi connectivity index (χ1v) is 8.22. The number of nitrogens with one attached hydrogen (secondary N) is 3. The van der Waals surface area contributed by atoms with Crippen LogP contribution in [0.25, 0.3) is 5.69 Å². The fourth-order valence-electron chi connectivity index (χ4n) is 2.42. The van der Waals surface area contributed by atoms with Crippen LogP contribution in [0.4, 0.5) is 0 Å². The minimum absolute atomic E-state index is 0.168. The Hall–Kier alpha value is -2.34. The number of rotatable bonds is 2. The van der Waals surface area contributed by atoms with E-state index in [2.05, 4.69) is 32.9 Å². The number of aromatic nitrogens is 1. The van der Waals surface area contributed by atoms with Gasteiger partial charge in [-0.05, 0) is 77.2 Å². The monoisotopic (exact) mass is 344 g/mol. The molecule has 1 heterocycles. The normalized spacial score (nSPS) is 11.0. The van der Waals surface area contributed by atoms with Gasteiger partial charge in [0.25, 0.3) is 5.91 Å². The van der Waals surface area contributed by atoms with E-state index in [0.29, 0.717) is 10.7 Å². The summed E-state index contributed by atoms with van der Waals surface area (Å²) in [7, 11) is 0. The zero-order chi connectivity index (χ0) is 17.9. The van der Waals surface area contributed by atoms with Gasteiger partial charge in [0.15, 0.2) is 5.11 Å². The van der Waals surface area contributed by atoms with Crippen molar-refractivity contribution in [1.82, 2.24) is 20.7 Å². The Labute approximate surface area is 148 Å². The molecule has 0 saturated heterocycles. The van der Waals surface area contributed by atoms with E-state index in [1.807, 2.05) is 52.8 Å². The van der Waals surface area contributed by atoms with Crippen LogP contribution in [0.5, 0.6) is 0 Å². The molecular formula is C18H24N4OS. The summed E-state index contributed by atoms with van der Waals surface area (Å²) < 4.78 is 2.11. The van der Waals surface area contributed by atoms with E-state index >= 15 is 0 Å². The molecule has 128 valence electrons. The molecule has 0 fully saturated rings. The first kappa shape index (κ1) is 18.0. The van der Waals surface area contributed by atoms with Gasteiger partial charge >= 0.3 is 0 Å². The van der Waals surface area contributed by atoms with Crippen LogP contribution in [0, 0.1) is 13.8 Å². The van der Waals surface area contributed by atoms with E-state index in [1.54, 1.807) is 6.07 Å². The number of thiocarbonyl (C=S) groups is 1. The van der Waals surface area contributed by atoms with E-state index in [9.17, 15) is 4.79 Å². The SMILES string of the molecule is Cc1ccc(C)n1-c1cccc(C(=O)NNC(=S)NC(C)(C)C)c1. The second kappa shape index (κ2) is 7.05. The molecule has 6 heteroatoms. The van der Waals surface area contributed by atoms with Crippen molar-refractivity contribution in [3.63, 3.8) is 0 Å². The summed E-state index contributed by atoms with van der Waals surface area (Å²) in [5, 5.41) is 3.45. The maximum atomic E-state index is 12.3. The third kappa shape index (κ3) is 4.58. The van der Waals surface area contributed by atoms with Crippen molar-refractivity contribution in [3.8, 4) is 5.69 Å². The van der Waals surface area contributed by atoms with E-state index in [0.717, 1.165) is 17.1 Å². The third-order valence-corrected chi connectivity index (χ3v) is 3.62. The van der Waals surface area contributed by atoms with Crippen molar-refractivity contribution >= 4 is 23.2 Å². The molecule has 24 heavy (non-hydrogen) atoms. The molecule has 3 N–H and O–H groups in total. The van der Waals surface area contributed by atoms with Gasteiger partial charge in [-0.25, -0.2) is 0 Å². The fraction of sp³-hybridized carbons (Fsp3) is 0.333. The van der Waals surface area contributed by atoms with Crippen molar-refractivity contribution in [3.05, 3.63) is 53.3 Å². The van der Waals surface area contributed by atoms with Crippen molar-refractivity contribution in [2.24, 2.45) is 0 Å². The molecule has 0 unspecified atom stereocenters. The lowest BCUT2D eigenvalue weighted by Gasteiger charge is -2.23. The van der Waals surface area contributed by atoms with Crippen LogP contribution >= 0.6 is 12.2 Å². The van der Waals surface area contributed by atoms with Crippen molar-refractivity contribution < 1.29 is 4.79 Å². The number of hydrazine groups is 1. The Balaban J connectivity index is 2.09. The molecule has 0 atom stereocenters. The molecule has 2 aromatic rings. The predicted octanol–water partition coefficient (Wildman–Crippen LogP) is 3.00. The first-order valence-electron chi connectivity index (χ1n) is 7.81. The molecule has 0 aliphatic rings. The van der Waals surface area contributed by atoms with Gasteiger partial charge in [0.1, 0.15) is 0 Å². The molecule has 1 aromatic carbocycles. The highest BCUT2D eigenvalue weighted by Gasteiger charge is 2.13. The van der Waals surface area contributed by atoms with Gasteiger partial charge in [-0.15, -0.1) is 0 Å². The Kier molecular flexibility index (Phi) is 5.29. The molecule has 0 spiro atoms. The fourth-order valence-corrected chi connectivity index (χ4v) is 2.78. The summed E-state index contributed by atoms with van der Waals surface area (Å²) in [6.45, 7) is 10.1. The highest BCUT2D eigenvalue weighted by atomic mass is 32.1. The molecular weight excluding hydrogens is 320 g/mol. The molecule has 0 saturated carbocycles. The van der Waals surface area contributed by atoms with Crippen LogP contribution < -0.4 is 16.2 Å². The summed E-state index contributed by atoms with van der Waals surface area (Å²) in [6.07, 6.45) is 0. The van der Waals surface area contributed by atoms with Crippen molar-refractivity contribution in [1.29, 1.82) is 0 Å². The predicted molar refractivity (Wildman–Crippen MR) is 101 cm³/mol. The molecule has 1 aromatic heterocycles. The second-order valence-corrected chi connectivity index (χ2v) is 7.19. The zero-order valence-electron chi connectivity index (χ0n) is 14.7. The Morgan fingerprint density at radius 1 is 1.04 bits per heavy atom. The number of aryl methyl sites for hydroxylation is 2. The van der Waals surface area contributed by atoms with Crippen LogP contribution in [0.1, 0.15) is 42.5 Å². The van der Waals surface area contributed by atoms with Crippen LogP contribution in [0.2, 0.25) is 0 Å². The van der Waals surface area contributed by atoms with Gasteiger partial charge in [-0.2, -0.15) is 0 Å². The minimum Gasteiger partial charge on any atom is -0.357 e. The topological polar surface area (TPSA) is 58.1 Å². The molecule has 2 rings (SSSR count). The molecule has 0 aliphatic heterocycles. The third-order valence-electron chi connectivity index (χ3n) is 3.42. The molecule has 0 radical (unpaired) electrons. The van der Waals surface area contributed by atoms with Crippen molar-refractivity contribution in [2.75, 3.05) is 0 Å². The number of benzene rings is 1. The summed E-state index contributed by atoms with van der Waals surface area (Å²) in [6, 6.07) is 11.6. The van der Waals surface area contributed by atoms with E-state index < -0.39 is 0 Å². The average Bonchev–Trinajstić information content (AvgIpc) is 2.82. The lowest BCUT2D eigenvalue weighted by Crippen LogP contribution is -2.52. The Morgan fingerprint density at radius 3 is 2.25 bits per heavy atom. The lowest BCUT2D eigenvalue weighted by molar-refractivity contribution is 0.0943. The van der Waals surface area contributed by atoms with E-state index in [-0.39, 0.29) is 11.4 Å². The molecule has 1 amide bonds. The number of carbonyl (C=O) groups is 1. The lowest BCUT2D eigenvalue weighted by atomic mass is 10.1. The van der Waals surface area contributed by atoms with Gasteiger partial charge in [0.05, 0.1) is 0 Å². The van der Waals surface area contributed by atoms with Crippen LogP contribution in [-0.4, -0.2) is 21.1 Å². The molecule has 0 bridgehead atoms. The van der Waals surface area contributed by atoms with Gasteiger partial charge in [-0.3, -0.25) is 15.6 Å². The Bertz CT molecular complexity index is 739. The Morgan fingerprint density at radius 2 is 1.67 bits per heavy atom. The summed E-state index contributed by atoms with van der Waals surface area (Å²) >= 11 is 5.15. The highest BCUT2D eigenvalue weighted by molar-refractivity contribution is 7.80. The van der Waals surface area contributed by atoms with E-state index in [1.165, 1.54) is 0 Å². The second-order valence-electron chi connectivity index (χ2n) is 6.79. The van der Waals surface area contributed by atoms with Crippen molar-refractivity contribution in [2.45, 2.75) is 40.2 Å². The highest BCUT2D eigenvalue weighted by Crippen LogP contribution is 2.17. The number of hydrogen-bond acceptors (Lipinski definition) is 2. The van der Waals surface area contributed by atoms with Gasteiger partial charge in [0.2, 0.25) is 0 Å². The number of carbonyl (C=O) groups excluding carboxylic acids is 1. The van der Waals surface area contributed by atoms with Crippen LogP contribution in [0.3, 0.4) is 0 Å². The van der Waals surface area contributed by atoms with E-state index in [4.69, 9.17) is 12.2 Å². The number of nitrogens with zero attached hydrogens (tertiary/aromatic N) is 1. The van der Waals surface area contributed by atoms with Gasteiger partial charge in [0, 0.05) is 28.2 Å². The standard InChI is InChI=1S/C18H24N4OS/c1-12-9-10-13(2)22(12)15-8-6-7-14(11-15)16(23)20-21-17(24)19-18(3,4)5/h6-11H,1-5H3,(H,20,23)(H2,19,21,24). The largest absolute Gasteiger partial charge is 0.357 e. The average molecular weight is 344 g/mol. The maximum Gasteiger partial charge on any atom is 0.269 e. The zero-order valence-corrected chi connectivity index (χ0v) is 15.5. The summed E-state index contributed by atoms with van der Waals surface area (Å²) in [5.41, 5.74) is 8.95. The quantitative estimate of drug-likeness (QED) is 0.579. The molecule has 0 aliphatic carbocycles. The summed E-state index contributed by atoms with van der Waals surface area (Å²) in [5.74, 6) is -0.239.